The maximum absolute atomic E-state index is 12.4. The summed E-state index contributed by atoms with van der Waals surface area (Å²) in [7, 11) is -6.66. The van der Waals surface area contributed by atoms with Crippen LogP contribution in [0.5, 0.6) is 11.5 Å². The van der Waals surface area contributed by atoms with Crippen molar-refractivity contribution in [3.05, 3.63) is 48.5 Å². The van der Waals surface area contributed by atoms with Gasteiger partial charge in [0.15, 0.2) is 9.84 Å². The Bertz CT molecular complexity index is 977. The smallest absolute Gasteiger partial charge is 0.229 e. The molecule has 1 N–H and O–H groups in total. The fourth-order valence-electron chi connectivity index (χ4n) is 2.13. The van der Waals surface area contributed by atoms with E-state index in [9.17, 15) is 16.8 Å². The molecule has 1 saturated heterocycles. The quantitative estimate of drug-likeness (QED) is 0.751. The lowest BCUT2D eigenvalue weighted by Crippen LogP contribution is -2.19. The molecule has 0 saturated carbocycles. The summed E-state index contributed by atoms with van der Waals surface area (Å²) in [5, 5.41) is 0. The standard InChI is InChI=1S/C16H17NO5S3/c1-16(11-23-16)25(20,21)15-9-7-14(8-10-15)22-13-5-3-12(4-6-13)17-24(2,18)19/h3-10,17H,11H2,1-2H3. The molecule has 0 aromatic heterocycles. The Balaban J connectivity index is 1.72. The van der Waals surface area contributed by atoms with Crippen LogP contribution in [0.1, 0.15) is 6.92 Å². The minimum Gasteiger partial charge on any atom is -0.457 e. The van der Waals surface area contributed by atoms with E-state index in [1.54, 1.807) is 43.3 Å². The topological polar surface area (TPSA) is 89.5 Å². The first-order valence-electron chi connectivity index (χ1n) is 7.33. The summed E-state index contributed by atoms with van der Waals surface area (Å²) in [6.45, 7) is 1.73. The normalized spacial score (nSPS) is 20.1. The molecule has 0 bridgehead atoms. The van der Waals surface area contributed by atoms with Crippen LogP contribution >= 0.6 is 11.8 Å². The summed E-state index contributed by atoms with van der Waals surface area (Å²) < 4.78 is 54.5. The number of thioether (sulfide) groups is 1. The van der Waals surface area contributed by atoms with Gasteiger partial charge in [-0.05, 0) is 55.5 Å². The number of anilines is 1. The third-order valence-corrected chi connectivity index (χ3v) is 8.75. The first kappa shape index (κ1) is 18.1. The molecule has 134 valence electrons. The van der Waals surface area contributed by atoms with Crippen LogP contribution in [0.4, 0.5) is 5.69 Å². The minimum atomic E-state index is -3.34. The largest absolute Gasteiger partial charge is 0.457 e. The molecule has 1 unspecified atom stereocenters. The molecule has 1 aliphatic rings. The lowest BCUT2D eigenvalue weighted by Gasteiger charge is -2.11. The van der Waals surface area contributed by atoms with Crippen LogP contribution in [0.2, 0.25) is 0 Å². The Kier molecular flexibility index (Phi) is 4.50. The number of nitrogens with one attached hydrogen (secondary N) is 1. The molecule has 2 aromatic carbocycles. The number of ether oxygens (including phenoxy) is 1. The van der Waals surface area contributed by atoms with E-state index < -0.39 is 23.9 Å². The first-order valence-corrected chi connectivity index (χ1v) is 11.7. The van der Waals surface area contributed by atoms with Gasteiger partial charge in [-0.15, -0.1) is 11.8 Å². The van der Waals surface area contributed by atoms with Crippen LogP contribution in [0, 0.1) is 0 Å². The fraction of sp³-hybridized carbons (Fsp3) is 0.250. The summed E-state index contributed by atoms with van der Waals surface area (Å²) in [6, 6.07) is 12.7. The third kappa shape index (κ3) is 4.10. The van der Waals surface area contributed by atoms with Crippen LogP contribution in [-0.4, -0.2) is 32.9 Å². The van der Waals surface area contributed by atoms with E-state index in [0.29, 0.717) is 22.9 Å². The highest BCUT2D eigenvalue weighted by Crippen LogP contribution is 2.51. The predicted octanol–water partition coefficient (Wildman–Crippen LogP) is 3.09. The maximum Gasteiger partial charge on any atom is 0.229 e. The molecule has 1 atom stereocenters. The van der Waals surface area contributed by atoms with Gasteiger partial charge >= 0.3 is 0 Å². The van der Waals surface area contributed by atoms with Gasteiger partial charge in [0.05, 0.1) is 11.2 Å². The van der Waals surface area contributed by atoms with Crippen LogP contribution in [0.15, 0.2) is 53.4 Å². The van der Waals surface area contributed by atoms with Gasteiger partial charge in [-0.25, -0.2) is 16.8 Å². The number of hydrogen-bond acceptors (Lipinski definition) is 6. The molecule has 9 heteroatoms. The van der Waals surface area contributed by atoms with Crippen molar-refractivity contribution in [3.63, 3.8) is 0 Å². The number of rotatable bonds is 6. The van der Waals surface area contributed by atoms with Gasteiger partial charge in [-0.1, -0.05) is 0 Å². The van der Waals surface area contributed by atoms with Gasteiger partial charge < -0.3 is 4.74 Å². The monoisotopic (exact) mass is 399 g/mol. The lowest BCUT2D eigenvalue weighted by atomic mass is 10.3. The van der Waals surface area contributed by atoms with Gasteiger partial charge in [-0.2, -0.15) is 0 Å². The van der Waals surface area contributed by atoms with Gasteiger partial charge in [0.1, 0.15) is 15.6 Å². The number of sulfonamides is 1. The zero-order valence-electron chi connectivity index (χ0n) is 13.6. The highest BCUT2D eigenvalue weighted by atomic mass is 32.3. The van der Waals surface area contributed by atoms with Crippen molar-refractivity contribution in [2.75, 3.05) is 16.7 Å². The summed E-state index contributed by atoms with van der Waals surface area (Å²) >= 11 is 1.42. The summed E-state index contributed by atoms with van der Waals surface area (Å²) in [4.78, 5) is 0.278. The molecule has 1 aliphatic heterocycles. The van der Waals surface area contributed by atoms with Gasteiger partial charge in [-0.3, -0.25) is 4.72 Å². The van der Waals surface area contributed by atoms with Crippen LogP contribution in [0.25, 0.3) is 0 Å². The average molecular weight is 400 g/mol. The maximum atomic E-state index is 12.4. The Morgan fingerprint density at radius 3 is 1.88 bits per heavy atom. The van der Waals surface area contributed by atoms with Crippen molar-refractivity contribution in [3.8, 4) is 11.5 Å². The van der Waals surface area contributed by atoms with Crippen LogP contribution in [-0.2, 0) is 19.9 Å². The Morgan fingerprint density at radius 2 is 1.44 bits per heavy atom. The van der Waals surface area contributed by atoms with E-state index in [2.05, 4.69) is 4.72 Å². The summed E-state index contributed by atoms with van der Waals surface area (Å²) in [6.07, 6.45) is 1.08. The second-order valence-corrected chi connectivity index (χ2v) is 11.8. The van der Waals surface area contributed by atoms with Gasteiger partial charge in [0, 0.05) is 11.4 Å². The lowest BCUT2D eigenvalue weighted by molar-refractivity contribution is 0.482. The van der Waals surface area contributed by atoms with E-state index in [1.807, 2.05) is 0 Å². The van der Waals surface area contributed by atoms with Gasteiger partial charge in [0.2, 0.25) is 10.0 Å². The SMILES string of the molecule is CC1(S(=O)(=O)c2ccc(Oc3ccc(NS(C)(=O)=O)cc3)cc2)CS1. The van der Waals surface area contributed by atoms with E-state index in [0.717, 1.165) is 6.26 Å². The number of sulfone groups is 1. The molecular formula is C16H17NO5S3. The van der Waals surface area contributed by atoms with Crippen molar-refractivity contribution in [2.45, 2.75) is 15.9 Å². The molecule has 0 aliphatic carbocycles. The van der Waals surface area contributed by atoms with E-state index >= 15 is 0 Å². The zero-order chi connectivity index (χ0) is 18.3. The third-order valence-electron chi connectivity index (χ3n) is 3.65. The van der Waals surface area contributed by atoms with Crippen LogP contribution < -0.4 is 9.46 Å². The average Bonchev–Trinajstić information content (AvgIpc) is 3.28. The molecule has 1 heterocycles. The highest BCUT2D eigenvalue weighted by Gasteiger charge is 2.52. The number of hydrogen-bond donors (Lipinski definition) is 1. The summed E-state index contributed by atoms with van der Waals surface area (Å²) in [5.74, 6) is 1.62. The Hall–Kier alpha value is -1.71. The van der Waals surface area contributed by atoms with Crippen molar-refractivity contribution in [1.29, 1.82) is 0 Å². The molecule has 6 nitrogen and oxygen atoms in total. The zero-order valence-corrected chi connectivity index (χ0v) is 16.0. The van der Waals surface area contributed by atoms with Crippen molar-refractivity contribution in [1.82, 2.24) is 0 Å². The van der Waals surface area contributed by atoms with E-state index in [-0.39, 0.29) is 4.90 Å². The molecule has 3 rings (SSSR count). The Labute approximate surface area is 151 Å². The van der Waals surface area contributed by atoms with Crippen molar-refractivity contribution >= 4 is 37.3 Å². The molecule has 2 aromatic rings. The Morgan fingerprint density at radius 1 is 0.960 bits per heavy atom. The molecule has 0 amide bonds. The van der Waals surface area contributed by atoms with E-state index in [4.69, 9.17) is 4.74 Å². The van der Waals surface area contributed by atoms with Crippen LogP contribution in [0.3, 0.4) is 0 Å². The fourth-order valence-corrected chi connectivity index (χ4v) is 5.60. The van der Waals surface area contributed by atoms with Crippen molar-refractivity contribution < 1.29 is 21.6 Å². The second-order valence-electron chi connectivity index (χ2n) is 5.90. The van der Waals surface area contributed by atoms with Gasteiger partial charge in [0.25, 0.3) is 0 Å². The van der Waals surface area contributed by atoms with E-state index in [1.165, 1.54) is 23.9 Å². The second kappa shape index (κ2) is 6.22. The number of benzene rings is 2. The summed E-state index contributed by atoms with van der Waals surface area (Å²) in [5.41, 5.74) is 0.437. The molecule has 25 heavy (non-hydrogen) atoms. The first-order chi connectivity index (χ1) is 11.6. The van der Waals surface area contributed by atoms with Crippen molar-refractivity contribution in [2.24, 2.45) is 0 Å². The molecule has 0 spiro atoms. The molecular weight excluding hydrogens is 382 g/mol. The molecule has 1 fully saturated rings. The predicted molar refractivity (Wildman–Crippen MR) is 99.5 cm³/mol. The molecule has 0 radical (unpaired) electrons. The highest BCUT2D eigenvalue weighted by molar-refractivity contribution is 8.21. The minimum absolute atomic E-state index is 0.278.